The number of amides is 2. The van der Waals surface area contributed by atoms with E-state index in [0.29, 0.717) is 26.1 Å². The Morgan fingerprint density at radius 3 is 2.32 bits per heavy atom. The topological polar surface area (TPSA) is 103 Å². The number of alkyl carbamates (subject to hydrolysis) is 1. The van der Waals surface area contributed by atoms with Gasteiger partial charge in [-0.1, -0.05) is 0 Å². The van der Waals surface area contributed by atoms with Gasteiger partial charge in [0.1, 0.15) is 11.6 Å². The van der Waals surface area contributed by atoms with Crippen LogP contribution < -0.4 is 10.6 Å². The number of carbonyl (C=O) groups excluding carboxylic acids is 3. The lowest BCUT2D eigenvalue weighted by Gasteiger charge is -2.35. The molecular weight excluding hydrogens is 328 g/mol. The number of hydrogen-bond donors (Lipinski definition) is 2. The number of nitrogens with one attached hydrogen (secondary N) is 2. The van der Waals surface area contributed by atoms with E-state index >= 15 is 0 Å². The number of carbonyl (C=O) groups is 3. The molecule has 0 aromatic heterocycles. The molecule has 8 nitrogen and oxygen atoms in total. The largest absolute Gasteiger partial charge is 0.469 e. The van der Waals surface area contributed by atoms with E-state index in [1.165, 1.54) is 7.11 Å². The normalized spacial score (nSPS) is 18.0. The fourth-order valence-corrected chi connectivity index (χ4v) is 2.41. The van der Waals surface area contributed by atoms with Crippen molar-refractivity contribution in [3.8, 4) is 0 Å². The van der Waals surface area contributed by atoms with Crippen molar-refractivity contribution in [2.24, 2.45) is 0 Å². The van der Waals surface area contributed by atoms with Gasteiger partial charge >= 0.3 is 12.1 Å². The second-order valence-electron chi connectivity index (χ2n) is 7.48. The zero-order valence-electron chi connectivity index (χ0n) is 15.8. The zero-order valence-corrected chi connectivity index (χ0v) is 15.8. The number of methoxy groups -OCH3 is 1. The van der Waals surface area contributed by atoms with E-state index in [1.807, 2.05) is 6.92 Å². The van der Waals surface area contributed by atoms with Crippen molar-refractivity contribution in [2.75, 3.05) is 20.3 Å². The Kier molecular flexibility index (Phi) is 7.66. The summed E-state index contributed by atoms with van der Waals surface area (Å²) in [7, 11) is 1.28. The Hall–Kier alpha value is -1.83. The number of esters is 1. The summed E-state index contributed by atoms with van der Waals surface area (Å²) >= 11 is 0. The van der Waals surface area contributed by atoms with Crippen LogP contribution in [0.5, 0.6) is 0 Å². The molecular formula is C17H30N2O6. The van der Waals surface area contributed by atoms with E-state index in [1.54, 1.807) is 20.8 Å². The molecule has 0 spiro atoms. The Labute approximate surface area is 148 Å². The molecule has 0 unspecified atom stereocenters. The summed E-state index contributed by atoms with van der Waals surface area (Å²) in [6.07, 6.45) is 0.827. The summed E-state index contributed by atoms with van der Waals surface area (Å²) < 4.78 is 15.1. The van der Waals surface area contributed by atoms with Gasteiger partial charge in [0.15, 0.2) is 0 Å². The molecule has 0 aliphatic carbocycles. The predicted octanol–water partition coefficient (Wildman–Crippen LogP) is 1.52. The SMILES string of the molecule is COC(=O)CC[C@H](NC(=O)OC(C)(C)C)C(=O)NC1(C)CCOCC1. The van der Waals surface area contributed by atoms with E-state index in [-0.39, 0.29) is 18.7 Å². The van der Waals surface area contributed by atoms with Crippen molar-refractivity contribution in [2.45, 2.75) is 70.6 Å². The van der Waals surface area contributed by atoms with Crippen LogP contribution in [0, 0.1) is 0 Å². The van der Waals surface area contributed by atoms with Crippen LogP contribution in [0.3, 0.4) is 0 Å². The molecule has 1 aliphatic heterocycles. The maximum absolute atomic E-state index is 12.6. The highest BCUT2D eigenvalue weighted by Gasteiger charge is 2.33. The second-order valence-corrected chi connectivity index (χ2v) is 7.48. The first-order valence-corrected chi connectivity index (χ1v) is 8.51. The van der Waals surface area contributed by atoms with Crippen molar-refractivity contribution < 1.29 is 28.6 Å². The van der Waals surface area contributed by atoms with Crippen LogP contribution in [0.1, 0.15) is 53.4 Å². The molecule has 1 saturated heterocycles. The van der Waals surface area contributed by atoms with E-state index in [9.17, 15) is 14.4 Å². The van der Waals surface area contributed by atoms with Crippen LogP contribution in [-0.2, 0) is 23.8 Å². The maximum Gasteiger partial charge on any atom is 0.408 e. The molecule has 144 valence electrons. The highest BCUT2D eigenvalue weighted by atomic mass is 16.6. The maximum atomic E-state index is 12.6. The summed E-state index contributed by atoms with van der Waals surface area (Å²) in [6.45, 7) is 8.29. The first-order chi connectivity index (χ1) is 11.5. The number of rotatable bonds is 6. The van der Waals surface area contributed by atoms with Gasteiger partial charge in [-0.05, 0) is 47.0 Å². The highest BCUT2D eigenvalue weighted by molar-refractivity contribution is 5.86. The van der Waals surface area contributed by atoms with Crippen LogP contribution in [0.4, 0.5) is 4.79 Å². The minimum absolute atomic E-state index is 0.0181. The van der Waals surface area contributed by atoms with E-state index in [2.05, 4.69) is 15.4 Å². The zero-order chi connectivity index (χ0) is 19.1. The quantitative estimate of drug-likeness (QED) is 0.698. The van der Waals surface area contributed by atoms with Crippen molar-refractivity contribution in [1.29, 1.82) is 0 Å². The van der Waals surface area contributed by atoms with Crippen molar-refractivity contribution in [1.82, 2.24) is 10.6 Å². The van der Waals surface area contributed by atoms with Crippen LogP contribution >= 0.6 is 0 Å². The molecule has 0 aromatic carbocycles. The van der Waals surface area contributed by atoms with Crippen molar-refractivity contribution >= 4 is 18.0 Å². The van der Waals surface area contributed by atoms with Crippen molar-refractivity contribution in [3.05, 3.63) is 0 Å². The summed E-state index contributed by atoms with van der Waals surface area (Å²) in [5.41, 5.74) is -1.07. The average Bonchev–Trinajstić information content (AvgIpc) is 2.49. The first kappa shape index (κ1) is 21.2. The van der Waals surface area contributed by atoms with Gasteiger partial charge in [-0.25, -0.2) is 4.79 Å². The monoisotopic (exact) mass is 358 g/mol. The van der Waals surface area contributed by atoms with Crippen LogP contribution in [0.25, 0.3) is 0 Å². The third-order valence-electron chi connectivity index (χ3n) is 3.89. The first-order valence-electron chi connectivity index (χ1n) is 8.51. The highest BCUT2D eigenvalue weighted by Crippen LogP contribution is 2.20. The van der Waals surface area contributed by atoms with Gasteiger partial charge in [-0.2, -0.15) is 0 Å². The molecule has 0 saturated carbocycles. The molecule has 1 aliphatic rings. The van der Waals surface area contributed by atoms with E-state index < -0.39 is 29.2 Å². The lowest BCUT2D eigenvalue weighted by molar-refractivity contribution is -0.141. The second kappa shape index (κ2) is 9.03. The Morgan fingerprint density at radius 2 is 1.80 bits per heavy atom. The van der Waals surface area contributed by atoms with Gasteiger partial charge in [0, 0.05) is 25.2 Å². The molecule has 25 heavy (non-hydrogen) atoms. The fraction of sp³-hybridized carbons (Fsp3) is 0.824. The van der Waals surface area contributed by atoms with Crippen LogP contribution in [0.2, 0.25) is 0 Å². The third kappa shape index (κ3) is 8.20. The molecule has 0 bridgehead atoms. The van der Waals surface area contributed by atoms with Gasteiger partial charge in [0.25, 0.3) is 0 Å². The van der Waals surface area contributed by atoms with E-state index in [0.717, 1.165) is 0 Å². The molecule has 1 atom stereocenters. The molecule has 1 fully saturated rings. The number of hydrogen-bond acceptors (Lipinski definition) is 6. The molecule has 2 N–H and O–H groups in total. The minimum Gasteiger partial charge on any atom is -0.469 e. The predicted molar refractivity (Wildman–Crippen MR) is 91.0 cm³/mol. The standard InChI is InChI=1S/C17H30N2O6/c1-16(2,3)25-15(22)18-12(6-7-13(20)23-5)14(21)19-17(4)8-10-24-11-9-17/h12H,6-11H2,1-5H3,(H,18,22)(H,19,21)/t12-/m0/s1. The van der Waals surface area contributed by atoms with Gasteiger partial charge in [-0.15, -0.1) is 0 Å². The fourth-order valence-electron chi connectivity index (χ4n) is 2.41. The lowest BCUT2D eigenvalue weighted by Crippen LogP contribution is -2.56. The van der Waals surface area contributed by atoms with E-state index in [4.69, 9.17) is 9.47 Å². The molecule has 0 radical (unpaired) electrons. The van der Waals surface area contributed by atoms with Gasteiger partial charge in [0.2, 0.25) is 5.91 Å². The molecule has 0 aromatic rings. The van der Waals surface area contributed by atoms with Crippen molar-refractivity contribution in [3.63, 3.8) is 0 Å². The van der Waals surface area contributed by atoms with Gasteiger partial charge in [0.05, 0.1) is 7.11 Å². The molecule has 1 rings (SSSR count). The summed E-state index contributed by atoms with van der Waals surface area (Å²) in [4.78, 5) is 36.0. The summed E-state index contributed by atoms with van der Waals surface area (Å²) in [5, 5.41) is 5.51. The third-order valence-corrected chi connectivity index (χ3v) is 3.89. The number of ether oxygens (including phenoxy) is 3. The molecule has 1 heterocycles. The van der Waals surface area contributed by atoms with Crippen LogP contribution in [-0.4, -0.2) is 55.5 Å². The molecule has 8 heteroatoms. The average molecular weight is 358 g/mol. The summed E-state index contributed by atoms with van der Waals surface area (Å²) in [6, 6.07) is -0.881. The van der Waals surface area contributed by atoms with Gasteiger partial charge < -0.3 is 24.8 Å². The Bertz CT molecular complexity index is 480. The lowest BCUT2D eigenvalue weighted by atomic mass is 9.92. The Balaban J connectivity index is 2.72. The Morgan fingerprint density at radius 1 is 1.20 bits per heavy atom. The summed E-state index contributed by atoms with van der Waals surface area (Å²) in [5.74, 6) is -0.791. The van der Waals surface area contributed by atoms with Crippen LogP contribution in [0.15, 0.2) is 0 Å². The smallest absolute Gasteiger partial charge is 0.408 e. The molecule has 2 amide bonds. The van der Waals surface area contributed by atoms with Gasteiger partial charge in [-0.3, -0.25) is 9.59 Å². The minimum atomic E-state index is -0.881.